The van der Waals surface area contributed by atoms with Gasteiger partial charge in [-0.05, 0) is 29.8 Å². The number of nitrogens with zero attached hydrogens (tertiary/aromatic N) is 4. The summed E-state index contributed by atoms with van der Waals surface area (Å²) in [6.45, 7) is 3.04. The maximum Gasteiger partial charge on any atom is 0.245 e. The standard InChI is InChI=1S/C17H19N5O2S2.ClH/c18-14-4-1-3-13(11-14)12-21-7-9-22(10-8-21)26(23,24)16-6-2-5-15-17(16)20-25-19-15;/h1-6,11H,7-10,12,18H2;1H. The van der Waals surface area contributed by atoms with Crippen LogP contribution < -0.4 is 5.73 Å². The van der Waals surface area contributed by atoms with E-state index in [0.717, 1.165) is 29.2 Å². The van der Waals surface area contributed by atoms with Crippen LogP contribution in [-0.2, 0) is 27.9 Å². The van der Waals surface area contributed by atoms with Crippen LogP contribution >= 0.6 is 12.4 Å². The Morgan fingerprint density at radius 3 is 2.52 bits per heavy atom. The quantitative estimate of drug-likeness (QED) is 0.650. The number of piperazine rings is 1. The van der Waals surface area contributed by atoms with Crippen LogP contribution in [0.5, 0.6) is 0 Å². The second-order valence-corrected chi connectivity index (χ2v) is 8.75. The SMILES string of the molecule is Cl.Nc1cccc(CN2CCN(S(=O)(=O)c3cccc4c3N=S=N4)CC2)c1. The molecule has 0 bridgehead atoms. The van der Waals surface area contributed by atoms with E-state index in [0.29, 0.717) is 37.6 Å². The van der Waals surface area contributed by atoms with Gasteiger partial charge in [0.1, 0.15) is 16.3 Å². The summed E-state index contributed by atoms with van der Waals surface area (Å²) >= 11 is 1.03. The summed E-state index contributed by atoms with van der Waals surface area (Å²) in [6.07, 6.45) is 0. The number of halogens is 1. The van der Waals surface area contributed by atoms with Crippen molar-refractivity contribution in [2.75, 3.05) is 31.9 Å². The monoisotopic (exact) mass is 425 g/mol. The molecule has 27 heavy (non-hydrogen) atoms. The topological polar surface area (TPSA) is 91.4 Å². The number of hydrogen-bond donors (Lipinski definition) is 1. The lowest BCUT2D eigenvalue weighted by Gasteiger charge is -2.34. The van der Waals surface area contributed by atoms with Gasteiger partial charge < -0.3 is 5.73 Å². The second kappa shape index (κ2) is 8.07. The fourth-order valence-corrected chi connectivity index (χ4v) is 5.38. The van der Waals surface area contributed by atoms with Gasteiger partial charge in [-0.3, -0.25) is 4.90 Å². The molecule has 0 aromatic heterocycles. The zero-order chi connectivity index (χ0) is 18.1. The van der Waals surface area contributed by atoms with Gasteiger partial charge in [-0.1, -0.05) is 18.2 Å². The Kier molecular flexibility index (Phi) is 5.97. The van der Waals surface area contributed by atoms with Gasteiger partial charge >= 0.3 is 0 Å². The van der Waals surface area contributed by atoms with E-state index >= 15 is 0 Å². The summed E-state index contributed by atoms with van der Waals surface area (Å²) in [5.41, 5.74) is 8.79. The summed E-state index contributed by atoms with van der Waals surface area (Å²) in [6, 6.07) is 12.9. The minimum Gasteiger partial charge on any atom is -0.399 e. The molecule has 7 nitrogen and oxygen atoms in total. The Balaban J connectivity index is 0.00000210. The third kappa shape index (κ3) is 4.07. The van der Waals surface area contributed by atoms with E-state index in [1.54, 1.807) is 18.2 Å². The molecule has 2 N–H and O–H groups in total. The normalized spacial score (nSPS) is 17.2. The smallest absolute Gasteiger partial charge is 0.245 e. The van der Waals surface area contributed by atoms with Crippen molar-refractivity contribution < 1.29 is 8.42 Å². The predicted octanol–water partition coefficient (Wildman–Crippen LogP) is 2.92. The Morgan fingerprint density at radius 1 is 1.04 bits per heavy atom. The van der Waals surface area contributed by atoms with Crippen LogP contribution in [0, 0.1) is 0 Å². The maximum atomic E-state index is 13.0. The highest BCUT2D eigenvalue weighted by Crippen LogP contribution is 2.38. The third-order valence-corrected chi connectivity index (χ3v) is 7.03. The number of nitrogens with two attached hydrogens (primary N) is 1. The summed E-state index contributed by atoms with van der Waals surface area (Å²) in [5.74, 6) is 0. The molecule has 2 aromatic rings. The molecule has 10 heteroatoms. The predicted molar refractivity (Wildman–Crippen MR) is 110 cm³/mol. The van der Waals surface area contributed by atoms with Gasteiger partial charge in [-0.2, -0.15) is 13.0 Å². The minimum atomic E-state index is -3.57. The van der Waals surface area contributed by atoms with Gasteiger partial charge in [0.15, 0.2) is 0 Å². The average Bonchev–Trinajstić information content (AvgIpc) is 3.11. The highest BCUT2D eigenvalue weighted by molar-refractivity contribution is 7.89. The molecular weight excluding hydrogens is 406 g/mol. The lowest BCUT2D eigenvalue weighted by atomic mass is 10.2. The lowest BCUT2D eigenvalue weighted by Crippen LogP contribution is -2.48. The van der Waals surface area contributed by atoms with Crippen molar-refractivity contribution in [2.24, 2.45) is 8.73 Å². The van der Waals surface area contributed by atoms with E-state index in [9.17, 15) is 8.42 Å². The molecule has 144 valence electrons. The molecule has 0 unspecified atom stereocenters. The van der Waals surface area contributed by atoms with Crippen molar-refractivity contribution in [3.8, 4) is 0 Å². The number of hydrogen-bond acceptors (Lipinski definition) is 6. The Hall–Kier alpha value is -1.78. The van der Waals surface area contributed by atoms with E-state index in [1.165, 1.54) is 4.31 Å². The number of rotatable bonds is 4. The molecular formula is C17H20ClN5O2S2. The molecule has 0 amide bonds. The van der Waals surface area contributed by atoms with Crippen molar-refractivity contribution in [3.05, 3.63) is 48.0 Å². The number of sulfonamides is 1. The lowest BCUT2D eigenvalue weighted by molar-refractivity contribution is 0.181. The number of nitrogen functional groups attached to an aromatic ring is 1. The van der Waals surface area contributed by atoms with Gasteiger partial charge in [0.05, 0.1) is 11.4 Å². The van der Waals surface area contributed by atoms with Crippen molar-refractivity contribution >= 4 is 50.8 Å². The Bertz CT molecular complexity index is 1010. The van der Waals surface area contributed by atoms with Gasteiger partial charge in [-0.25, -0.2) is 8.42 Å². The number of anilines is 1. The largest absolute Gasteiger partial charge is 0.399 e. The van der Waals surface area contributed by atoms with E-state index < -0.39 is 10.0 Å². The Labute approximate surface area is 168 Å². The summed E-state index contributed by atoms with van der Waals surface area (Å²) in [4.78, 5) is 2.49. The second-order valence-electron chi connectivity index (χ2n) is 6.31. The van der Waals surface area contributed by atoms with Crippen LogP contribution in [0.15, 0.2) is 56.1 Å². The van der Waals surface area contributed by atoms with E-state index in [2.05, 4.69) is 13.6 Å². The fourth-order valence-electron chi connectivity index (χ4n) is 3.21. The van der Waals surface area contributed by atoms with Crippen molar-refractivity contribution in [1.29, 1.82) is 0 Å². The van der Waals surface area contributed by atoms with Gasteiger partial charge in [0.2, 0.25) is 10.0 Å². The van der Waals surface area contributed by atoms with E-state index in [1.807, 2.05) is 24.3 Å². The fraction of sp³-hybridized carbons (Fsp3) is 0.294. The van der Waals surface area contributed by atoms with Crippen LogP contribution in [0.25, 0.3) is 0 Å². The molecule has 2 aliphatic heterocycles. The van der Waals surface area contributed by atoms with Crippen LogP contribution in [0.4, 0.5) is 17.1 Å². The van der Waals surface area contributed by atoms with Crippen LogP contribution in [0.2, 0.25) is 0 Å². The number of benzene rings is 2. The zero-order valence-corrected chi connectivity index (χ0v) is 16.9. The van der Waals surface area contributed by atoms with E-state index in [-0.39, 0.29) is 17.3 Å². The molecule has 1 saturated heterocycles. The van der Waals surface area contributed by atoms with Crippen molar-refractivity contribution in [2.45, 2.75) is 11.4 Å². The molecule has 0 radical (unpaired) electrons. The summed E-state index contributed by atoms with van der Waals surface area (Å²) < 4.78 is 35.9. The average molecular weight is 426 g/mol. The highest BCUT2D eigenvalue weighted by atomic mass is 35.5. The molecule has 0 saturated carbocycles. The molecule has 0 aliphatic carbocycles. The first-order valence-electron chi connectivity index (χ1n) is 8.32. The first-order chi connectivity index (χ1) is 12.5. The minimum absolute atomic E-state index is 0. The molecule has 2 aliphatic rings. The molecule has 2 aromatic carbocycles. The number of fused-ring (bicyclic) bond motifs is 1. The van der Waals surface area contributed by atoms with Gasteiger partial charge in [0.25, 0.3) is 0 Å². The molecule has 4 rings (SSSR count). The van der Waals surface area contributed by atoms with E-state index in [4.69, 9.17) is 5.73 Å². The van der Waals surface area contributed by atoms with Crippen LogP contribution in [0.1, 0.15) is 5.56 Å². The highest BCUT2D eigenvalue weighted by Gasteiger charge is 2.31. The zero-order valence-electron chi connectivity index (χ0n) is 14.5. The third-order valence-electron chi connectivity index (χ3n) is 4.56. The maximum absolute atomic E-state index is 13.0. The van der Waals surface area contributed by atoms with Crippen molar-refractivity contribution in [1.82, 2.24) is 9.21 Å². The van der Waals surface area contributed by atoms with Crippen molar-refractivity contribution in [3.63, 3.8) is 0 Å². The summed E-state index contributed by atoms with van der Waals surface area (Å²) in [5, 5.41) is 0. The molecule has 0 spiro atoms. The van der Waals surface area contributed by atoms with Crippen LogP contribution in [0.3, 0.4) is 0 Å². The molecule has 2 heterocycles. The van der Waals surface area contributed by atoms with Gasteiger partial charge in [-0.15, -0.1) is 12.4 Å². The first kappa shape index (κ1) is 20.0. The molecule has 1 fully saturated rings. The Morgan fingerprint density at radius 2 is 1.78 bits per heavy atom. The van der Waals surface area contributed by atoms with Gasteiger partial charge in [0, 0.05) is 38.4 Å². The summed E-state index contributed by atoms with van der Waals surface area (Å²) in [7, 11) is -3.57. The molecule has 0 atom stereocenters. The first-order valence-corrected chi connectivity index (χ1v) is 10.5. The van der Waals surface area contributed by atoms with Crippen LogP contribution in [-0.4, -0.2) is 43.8 Å².